The molecule has 5 N–H and O–H groups in total. The summed E-state index contributed by atoms with van der Waals surface area (Å²) in [6.07, 6.45) is 0. The van der Waals surface area contributed by atoms with Gasteiger partial charge in [0.25, 0.3) is 30.4 Å². The summed E-state index contributed by atoms with van der Waals surface area (Å²) in [6, 6.07) is 17.3. The molecule has 0 saturated carbocycles. The molecule has 44 heavy (non-hydrogen) atoms. The van der Waals surface area contributed by atoms with Crippen LogP contribution in [0.2, 0.25) is 0 Å². The average Bonchev–Trinajstić information content (AvgIpc) is 2.93. The zero-order chi connectivity index (χ0) is 32.0. The zero-order valence-electron chi connectivity index (χ0n) is 22.4. The standard InChI is InChI=1S/C27H21N5O9S3/c1-15-12-17(28)4-9-23(15)29-31-25-11-10-24(20-7-6-19(14-22(20)25)43(36,37)38)30-32-26-8-3-16-2-5-18(42(33,34)35)13-21(16)27(26)44(39,40)41/h2-14H,28H2,1H3,(H,33,34,35)(H,36,37,38)(H,39,40,41)/b31-29+,32-30+. The van der Waals surface area contributed by atoms with E-state index in [0.717, 1.165) is 29.8 Å². The highest BCUT2D eigenvalue weighted by atomic mass is 32.2. The van der Waals surface area contributed by atoms with Gasteiger partial charge in [-0.25, -0.2) is 0 Å². The number of hydrogen-bond donors (Lipinski definition) is 4. The van der Waals surface area contributed by atoms with Crippen LogP contribution < -0.4 is 5.73 Å². The summed E-state index contributed by atoms with van der Waals surface area (Å²) >= 11 is 0. The molecule has 0 bridgehead atoms. The smallest absolute Gasteiger partial charge is 0.297 e. The van der Waals surface area contributed by atoms with Crippen molar-refractivity contribution in [1.82, 2.24) is 0 Å². The molecule has 0 spiro atoms. The summed E-state index contributed by atoms with van der Waals surface area (Å²) in [4.78, 5) is -1.80. The van der Waals surface area contributed by atoms with Gasteiger partial charge in [0, 0.05) is 21.8 Å². The first-order valence-electron chi connectivity index (χ1n) is 12.3. The second-order valence-corrected chi connectivity index (χ2v) is 13.7. The largest absolute Gasteiger partial charge is 0.399 e. The van der Waals surface area contributed by atoms with Crippen molar-refractivity contribution in [3.63, 3.8) is 0 Å². The van der Waals surface area contributed by atoms with E-state index in [1.165, 1.54) is 36.4 Å². The molecule has 0 radical (unpaired) electrons. The molecule has 14 nitrogen and oxygen atoms in total. The van der Waals surface area contributed by atoms with Gasteiger partial charge in [0.1, 0.15) is 10.6 Å². The number of benzene rings is 5. The maximum Gasteiger partial charge on any atom is 0.297 e. The van der Waals surface area contributed by atoms with E-state index in [1.807, 2.05) is 0 Å². The first kappa shape index (κ1) is 30.8. The molecule has 17 heteroatoms. The minimum Gasteiger partial charge on any atom is -0.399 e. The Balaban J connectivity index is 1.68. The lowest BCUT2D eigenvalue weighted by molar-refractivity contribution is 0.480. The van der Waals surface area contributed by atoms with E-state index in [2.05, 4.69) is 20.5 Å². The van der Waals surface area contributed by atoms with Gasteiger partial charge in [-0.15, -0.1) is 15.3 Å². The molecule has 226 valence electrons. The third-order valence-electron chi connectivity index (χ3n) is 6.47. The molecule has 0 heterocycles. The number of rotatable bonds is 7. The van der Waals surface area contributed by atoms with Crippen molar-refractivity contribution in [3.8, 4) is 0 Å². The number of azo groups is 2. The molecule has 0 aromatic heterocycles. The van der Waals surface area contributed by atoms with Gasteiger partial charge < -0.3 is 5.73 Å². The van der Waals surface area contributed by atoms with Crippen LogP contribution in [-0.4, -0.2) is 38.9 Å². The Hall–Kier alpha value is -4.65. The second-order valence-electron chi connectivity index (χ2n) is 9.48. The van der Waals surface area contributed by atoms with Gasteiger partial charge in [-0.05, 0) is 78.5 Å². The van der Waals surface area contributed by atoms with Crippen LogP contribution in [0, 0.1) is 6.92 Å². The van der Waals surface area contributed by atoms with Gasteiger partial charge in [0.2, 0.25) is 0 Å². The molecule has 5 aromatic carbocycles. The van der Waals surface area contributed by atoms with Gasteiger partial charge in [0.15, 0.2) is 0 Å². The third kappa shape index (κ3) is 6.32. The normalized spacial score (nSPS) is 13.0. The maximum absolute atomic E-state index is 12.4. The van der Waals surface area contributed by atoms with Crippen molar-refractivity contribution in [2.75, 3.05) is 5.73 Å². The highest BCUT2D eigenvalue weighted by Crippen LogP contribution is 2.39. The average molecular weight is 656 g/mol. The van der Waals surface area contributed by atoms with Crippen molar-refractivity contribution in [2.24, 2.45) is 20.5 Å². The fraction of sp³-hybridized carbons (Fsp3) is 0.0370. The van der Waals surface area contributed by atoms with Crippen LogP contribution in [0.3, 0.4) is 0 Å². The molecular weight excluding hydrogens is 635 g/mol. The molecule has 0 atom stereocenters. The molecule has 0 amide bonds. The molecule has 0 saturated heterocycles. The van der Waals surface area contributed by atoms with Crippen molar-refractivity contribution < 1.29 is 38.9 Å². The summed E-state index contributed by atoms with van der Waals surface area (Å²) in [5.74, 6) is 0. The Morgan fingerprint density at radius 1 is 0.523 bits per heavy atom. The Labute approximate surface area is 250 Å². The Morgan fingerprint density at radius 2 is 1.00 bits per heavy atom. The number of nitrogen functional groups attached to an aromatic ring is 1. The van der Waals surface area contributed by atoms with Crippen LogP contribution in [-0.2, 0) is 30.4 Å². The van der Waals surface area contributed by atoms with E-state index in [1.54, 1.807) is 25.1 Å². The quantitative estimate of drug-likeness (QED) is 0.0848. The van der Waals surface area contributed by atoms with Gasteiger partial charge in [0.05, 0.1) is 26.9 Å². The summed E-state index contributed by atoms with van der Waals surface area (Å²) in [5, 5.41) is 17.0. The second kappa shape index (κ2) is 11.1. The van der Waals surface area contributed by atoms with Crippen LogP contribution >= 0.6 is 0 Å². The van der Waals surface area contributed by atoms with E-state index in [0.29, 0.717) is 11.4 Å². The highest BCUT2D eigenvalue weighted by molar-refractivity contribution is 7.86. The Morgan fingerprint density at radius 3 is 1.59 bits per heavy atom. The first-order chi connectivity index (χ1) is 20.5. The maximum atomic E-state index is 12.4. The molecule has 0 aliphatic carbocycles. The Bertz CT molecular complexity index is 2390. The topological polar surface area (TPSA) is 239 Å². The van der Waals surface area contributed by atoms with Crippen LogP contribution in [0.1, 0.15) is 5.56 Å². The van der Waals surface area contributed by atoms with Crippen molar-refractivity contribution in [1.29, 1.82) is 0 Å². The van der Waals surface area contributed by atoms with E-state index in [-0.39, 0.29) is 38.6 Å². The van der Waals surface area contributed by atoms with E-state index in [9.17, 15) is 38.9 Å². The van der Waals surface area contributed by atoms with Gasteiger partial charge in [-0.3, -0.25) is 13.7 Å². The molecular formula is C27H21N5O9S3. The Kier molecular flexibility index (Phi) is 7.79. The van der Waals surface area contributed by atoms with Gasteiger partial charge in [-0.1, -0.05) is 18.2 Å². The van der Waals surface area contributed by atoms with Crippen LogP contribution in [0.15, 0.2) is 114 Å². The summed E-state index contributed by atoms with van der Waals surface area (Å²) in [6.45, 7) is 1.78. The summed E-state index contributed by atoms with van der Waals surface area (Å²) in [7, 11) is -14.3. The monoisotopic (exact) mass is 655 g/mol. The van der Waals surface area contributed by atoms with Gasteiger partial charge in [-0.2, -0.15) is 30.4 Å². The molecule has 5 rings (SSSR count). The van der Waals surface area contributed by atoms with E-state index >= 15 is 0 Å². The number of fused-ring (bicyclic) bond motifs is 2. The lowest BCUT2D eigenvalue weighted by Crippen LogP contribution is -2.02. The number of nitrogens with two attached hydrogens (primary N) is 1. The molecule has 0 unspecified atom stereocenters. The predicted molar refractivity (Wildman–Crippen MR) is 161 cm³/mol. The summed E-state index contributed by atoms with van der Waals surface area (Å²) < 4.78 is 101. The first-order valence-corrected chi connectivity index (χ1v) is 16.6. The minimum atomic E-state index is -5.00. The number of nitrogens with zero attached hydrogens (tertiary/aromatic N) is 4. The lowest BCUT2D eigenvalue weighted by atomic mass is 10.1. The number of aryl methyl sites for hydroxylation is 1. The molecule has 0 aliphatic heterocycles. The van der Waals surface area contributed by atoms with Crippen molar-refractivity contribution >= 4 is 80.3 Å². The predicted octanol–water partition coefficient (Wildman–Crippen LogP) is 6.45. The SMILES string of the molecule is Cc1cc(N)ccc1/N=N/c1ccc(/N=N/c2ccc3ccc(S(=O)(=O)O)cc3c2S(=O)(=O)O)c2ccc(S(=O)(=O)O)cc12. The van der Waals surface area contributed by atoms with Crippen molar-refractivity contribution in [3.05, 3.63) is 84.4 Å². The highest BCUT2D eigenvalue weighted by Gasteiger charge is 2.22. The molecule has 0 fully saturated rings. The third-order valence-corrected chi connectivity index (χ3v) is 9.11. The van der Waals surface area contributed by atoms with Crippen LogP contribution in [0.4, 0.5) is 28.4 Å². The fourth-order valence-corrected chi connectivity index (χ4v) is 6.25. The van der Waals surface area contributed by atoms with Crippen LogP contribution in [0.25, 0.3) is 21.5 Å². The summed E-state index contributed by atoms with van der Waals surface area (Å²) in [5.41, 5.74) is 7.48. The minimum absolute atomic E-state index is 0.109. The number of anilines is 1. The van der Waals surface area contributed by atoms with Gasteiger partial charge >= 0.3 is 0 Å². The fourth-order valence-electron chi connectivity index (χ4n) is 4.41. The van der Waals surface area contributed by atoms with Crippen molar-refractivity contribution in [2.45, 2.75) is 21.6 Å². The van der Waals surface area contributed by atoms with Crippen LogP contribution in [0.5, 0.6) is 0 Å². The molecule has 0 aliphatic rings. The lowest BCUT2D eigenvalue weighted by Gasteiger charge is -2.09. The molecule has 5 aromatic rings. The number of hydrogen-bond acceptors (Lipinski definition) is 11. The zero-order valence-corrected chi connectivity index (χ0v) is 24.8. The van der Waals surface area contributed by atoms with E-state index < -0.39 is 45.0 Å². The van der Waals surface area contributed by atoms with E-state index in [4.69, 9.17) is 5.73 Å².